The van der Waals surface area contributed by atoms with Gasteiger partial charge in [-0.05, 0) is 38.9 Å². The third-order valence-electron chi connectivity index (χ3n) is 4.08. The van der Waals surface area contributed by atoms with E-state index in [1.165, 1.54) is 16.3 Å². The summed E-state index contributed by atoms with van der Waals surface area (Å²) in [7, 11) is 2.15. The molecule has 0 aliphatic heterocycles. The quantitative estimate of drug-likeness (QED) is 0.672. The second-order valence-electron chi connectivity index (χ2n) is 5.93. The molecule has 5 heteroatoms. The molecule has 3 rings (SSSR count). The molecular weight excluding hydrogens is 304 g/mol. The van der Waals surface area contributed by atoms with E-state index in [0.29, 0.717) is 0 Å². The third kappa shape index (κ3) is 3.74. The van der Waals surface area contributed by atoms with Crippen molar-refractivity contribution in [2.75, 3.05) is 25.0 Å². The van der Waals surface area contributed by atoms with Gasteiger partial charge in [0.25, 0.3) is 0 Å². The molecule has 0 bridgehead atoms. The number of nitrogens with one attached hydrogen (secondary N) is 1. The Hall–Kier alpha value is -1.85. The predicted molar refractivity (Wildman–Crippen MR) is 98.6 cm³/mol. The maximum absolute atomic E-state index is 4.63. The van der Waals surface area contributed by atoms with Crippen molar-refractivity contribution in [3.63, 3.8) is 0 Å². The molecule has 1 aromatic carbocycles. The maximum atomic E-state index is 4.63. The highest BCUT2D eigenvalue weighted by molar-refractivity contribution is 7.17. The Labute approximate surface area is 141 Å². The zero-order valence-electron chi connectivity index (χ0n) is 14.0. The molecule has 0 amide bonds. The first-order chi connectivity index (χ1) is 11.1. The van der Waals surface area contributed by atoms with Crippen LogP contribution in [-0.2, 0) is 6.54 Å². The summed E-state index contributed by atoms with van der Waals surface area (Å²) in [5, 5.41) is 3.55. The second-order valence-corrected chi connectivity index (χ2v) is 7.14. The van der Waals surface area contributed by atoms with Gasteiger partial charge in [0.2, 0.25) is 0 Å². The summed E-state index contributed by atoms with van der Waals surface area (Å²) in [6, 6.07) is 10.5. The van der Waals surface area contributed by atoms with Crippen LogP contribution in [-0.4, -0.2) is 29.5 Å². The predicted octanol–water partition coefficient (Wildman–Crippen LogP) is 3.63. The van der Waals surface area contributed by atoms with Crippen molar-refractivity contribution >= 4 is 22.0 Å². The van der Waals surface area contributed by atoms with E-state index in [1.54, 1.807) is 11.3 Å². The molecule has 3 aromatic rings. The van der Waals surface area contributed by atoms with Crippen LogP contribution in [0.3, 0.4) is 0 Å². The SMILES string of the molecule is Cc1cn2c(CNCCCN(C)c3ccccc3)c(C)nc2s1. The number of hydrogen-bond acceptors (Lipinski definition) is 4. The summed E-state index contributed by atoms with van der Waals surface area (Å²) in [5.41, 5.74) is 3.68. The molecule has 1 N–H and O–H groups in total. The number of para-hydroxylation sites is 1. The molecule has 0 spiro atoms. The normalized spacial score (nSPS) is 11.3. The number of thiazole rings is 1. The van der Waals surface area contributed by atoms with Crippen molar-refractivity contribution in [1.29, 1.82) is 0 Å². The van der Waals surface area contributed by atoms with Crippen LogP contribution in [0.25, 0.3) is 4.96 Å². The number of imidazole rings is 1. The fourth-order valence-electron chi connectivity index (χ4n) is 2.78. The summed E-state index contributed by atoms with van der Waals surface area (Å²) in [6.45, 7) is 7.15. The van der Waals surface area contributed by atoms with Crippen LogP contribution in [0.2, 0.25) is 0 Å². The number of aromatic nitrogens is 2. The van der Waals surface area contributed by atoms with Gasteiger partial charge in [-0.2, -0.15) is 0 Å². The Kier molecular flexibility index (Phi) is 4.98. The first-order valence-electron chi connectivity index (χ1n) is 8.06. The summed E-state index contributed by atoms with van der Waals surface area (Å²) in [5.74, 6) is 0. The van der Waals surface area contributed by atoms with E-state index in [1.807, 2.05) is 0 Å². The Morgan fingerprint density at radius 2 is 2.00 bits per heavy atom. The lowest BCUT2D eigenvalue weighted by Gasteiger charge is -2.19. The molecule has 0 atom stereocenters. The van der Waals surface area contributed by atoms with Crippen molar-refractivity contribution in [1.82, 2.24) is 14.7 Å². The van der Waals surface area contributed by atoms with E-state index >= 15 is 0 Å². The Balaban J connectivity index is 1.47. The number of rotatable bonds is 7. The number of fused-ring (bicyclic) bond motifs is 1. The van der Waals surface area contributed by atoms with Crippen molar-refractivity contribution in [3.05, 3.63) is 52.8 Å². The average molecular weight is 328 g/mol. The number of hydrogen-bond donors (Lipinski definition) is 1. The van der Waals surface area contributed by atoms with Crippen molar-refractivity contribution in [3.8, 4) is 0 Å². The molecule has 4 nitrogen and oxygen atoms in total. The molecule has 0 saturated heterocycles. The van der Waals surface area contributed by atoms with E-state index in [2.05, 4.69) is 77.0 Å². The Morgan fingerprint density at radius 3 is 2.78 bits per heavy atom. The van der Waals surface area contributed by atoms with Crippen LogP contribution in [0, 0.1) is 13.8 Å². The van der Waals surface area contributed by atoms with Crippen LogP contribution in [0.5, 0.6) is 0 Å². The molecule has 23 heavy (non-hydrogen) atoms. The van der Waals surface area contributed by atoms with Crippen molar-refractivity contribution < 1.29 is 0 Å². The molecule has 0 fully saturated rings. The minimum Gasteiger partial charge on any atom is -0.375 e. The highest BCUT2D eigenvalue weighted by Gasteiger charge is 2.10. The summed E-state index contributed by atoms with van der Waals surface area (Å²) < 4.78 is 2.22. The first kappa shape index (κ1) is 16.0. The van der Waals surface area contributed by atoms with Gasteiger partial charge < -0.3 is 10.2 Å². The standard InChI is InChI=1S/C18H24N4S/c1-14-13-22-17(15(2)20-18(22)23-14)12-19-10-7-11-21(3)16-8-5-4-6-9-16/h4-6,8-9,13,19H,7,10-12H2,1-3H3. The van der Waals surface area contributed by atoms with Gasteiger partial charge in [-0.25, -0.2) is 4.98 Å². The zero-order valence-corrected chi connectivity index (χ0v) is 14.9. The lowest BCUT2D eigenvalue weighted by molar-refractivity contribution is 0.633. The minimum absolute atomic E-state index is 0.873. The van der Waals surface area contributed by atoms with Crippen LogP contribution < -0.4 is 10.2 Å². The lowest BCUT2D eigenvalue weighted by Crippen LogP contribution is -2.24. The summed E-state index contributed by atoms with van der Waals surface area (Å²) >= 11 is 1.75. The minimum atomic E-state index is 0.873. The van der Waals surface area contributed by atoms with E-state index in [-0.39, 0.29) is 0 Å². The lowest BCUT2D eigenvalue weighted by atomic mass is 10.3. The number of nitrogens with zero attached hydrogens (tertiary/aromatic N) is 3. The summed E-state index contributed by atoms with van der Waals surface area (Å²) in [6.07, 6.45) is 3.30. The van der Waals surface area contributed by atoms with Crippen LogP contribution in [0.1, 0.15) is 22.7 Å². The van der Waals surface area contributed by atoms with E-state index < -0.39 is 0 Å². The average Bonchev–Trinajstić information content (AvgIpc) is 3.03. The molecule has 0 aliphatic rings. The van der Waals surface area contributed by atoms with Gasteiger partial charge in [0.05, 0.1) is 11.4 Å². The molecule has 0 aliphatic carbocycles. The van der Waals surface area contributed by atoms with E-state index in [4.69, 9.17) is 0 Å². The highest BCUT2D eigenvalue weighted by atomic mass is 32.1. The molecule has 2 heterocycles. The number of aryl methyl sites for hydroxylation is 2. The van der Waals surface area contributed by atoms with Gasteiger partial charge in [0.1, 0.15) is 0 Å². The molecule has 0 unspecified atom stereocenters. The van der Waals surface area contributed by atoms with Gasteiger partial charge in [-0.3, -0.25) is 4.40 Å². The Bertz CT molecular complexity index is 760. The molecule has 0 saturated carbocycles. The molecule has 0 radical (unpaired) electrons. The van der Waals surface area contributed by atoms with Crippen LogP contribution >= 0.6 is 11.3 Å². The van der Waals surface area contributed by atoms with Gasteiger partial charge >= 0.3 is 0 Å². The van der Waals surface area contributed by atoms with Crippen molar-refractivity contribution in [2.45, 2.75) is 26.8 Å². The van der Waals surface area contributed by atoms with E-state index in [0.717, 1.165) is 36.7 Å². The molecule has 122 valence electrons. The second kappa shape index (κ2) is 7.15. The van der Waals surface area contributed by atoms with Crippen molar-refractivity contribution in [2.24, 2.45) is 0 Å². The van der Waals surface area contributed by atoms with Gasteiger partial charge in [0.15, 0.2) is 4.96 Å². The molecule has 2 aromatic heterocycles. The molecular formula is C18H24N4S. The number of benzene rings is 1. The van der Waals surface area contributed by atoms with E-state index in [9.17, 15) is 0 Å². The first-order valence-corrected chi connectivity index (χ1v) is 8.87. The summed E-state index contributed by atoms with van der Waals surface area (Å²) in [4.78, 5) is 9.33. The largest absolute Gasteiger partial charge is 0.375 e. The fraction of sp³-hybridized carbons (Fsp3) is 0.389. The Morgan fingerprint density at radius 1 is 1.22 bits per heavy atom. The maximum Gasteiger partial charge on any atom is 0.194 e. The van der Waals surface area contributed by atoms with Crippen LogP contribution in [0.4, 0.5) is 5.69 Å². The number of anilines is 1. The van der Waals surface area contributed by atoms with Gasteiger partial charge in [-0.15, -0.1) is 11.3 Å². The highest BCUT2D eigenvalue weighted by Crippen LogP contribution is 2.20. The zero-order chi connectivity index (χ0) is 16.2. The third-order valence-corrected chi connectivity index (χ3v) is 4.98. The van der Waals surface area contributed by atoms with Gasteiger partial charge in [0, 0.05) is 36.9 Å². The smallest absolute Gasteiger partial charge is 0.194 e. The monoisotopic (exact) mass is 328 g/mol. The van der Waals surface area contributed by atoms with Gasteiger partial charge in [-0.1, -0.05) is 18.2 Å². The van der Waals surface area contributed by atoms with Crippen LogP contribution in [0.15, 0.2) is 36.5 Å². The fourth-order valence-corrected chi connectivity index (χ4v) is 3.67. The topological polar surface area (TPSA) is 32.6 Å².